The second kappa shape index (κ2) is 6.59. The molecule has 0 saturated heterocycles. The zero-order valence-corrected chi connectivity index (χ0v) is 9.55. The molecule has 0 radical (unpaired) electrons. The highest BCUT2D eigenvalue weighted by molar-refractivity contribution is 5.20. The Hall–Kier alpha value is -0.960. The second-order valence-electron chi connectivity index (χ2n) is 4.03. The molecule has 1 unspecified atom stereocenters. The Balaban J connectivity index is 2.51. The number of benzene rings is 1. The van der Waals surface area contributed by atoms with Gasteiger partial charge in [0.1, 0.15) is 11.6 Å². The Morgan fingerprint density at radius 2 is 1.94 bits per heavy atom. The molecule has 0 fully saturated rings. The third-order valence-electron chi connectivity index (χ3n) is 2.65. The molecule has 0 aliphatic carbocycles. The van der Waals surface area contributed by atoms with Crippen LogP contribution in [0.4, 0.5) is 8.78 Å². The Bertz CT molecular complexity index is 326. The van der Waals surface area contributed by atoms with Gasteiger partial charge in [-0.2, -0.15) is 0 Å². The third kappa shape index (κ3) is 3.89. The van der Waals surface area contributed by atoms with Gasteiger partial charge in [0.2, 0.25) is 0 Å². The van der Waals surface area contributed by atoms with E-state index in [0.717, 1.165) is 43.9 Å². The van der Waals surface area contributed by atoms with E-state index in [4.69, 9.17) is 0 Å². The van der Waals surface area contributed by atoms with E-state index in [1.54, 1.807) is 0 Å². The molecule has 1 aromatic rings. The molecule has 0 bridgehead atoms. The van der Waals surface area contributed by atoms with E-state index in [1.807, 2.05) is 0 Å². The van der Waals surface area contributed by atoms with Crippen molar-refractivity contribution in [2.75, 3.05) is 0 Å². The lowest BCUT2D eigenvalue weighted by molar-refractivity contribution is 0.158. The molecule has 1 atom stereocenters. The number of halogens is 2. The largest absolute Gasteiger partial charge is 0.388 e. The SMILES string of the molecule is CCCCCCC(O)c1cc(F)ccc1F. The summed E-state index contributed by atoms with van der Waals surface area (Å²) in [5.41, 5.74) is 0.0662. The van der Waals surface area contributed by atoms with Crippen molar-refractivity contribution < 1.29 is 13.9 Å². The minimum atomic E-state index is -0.896. The van der Waals surface area contributed by atoms with Crippen molar-refractivity contribution in [1.82, 2.24) is 0 Å². The lowest BCUT2D eigenvalue weighted by Crippen LogP contribution is -2.01. The second-order valence-corrected chi connectivity index (χ2v) is 4.03. The predicted octanol–water partition coefficient (Wildman–Crippen LogP) is 3.97. The van der Waals surface area contributed by atoms with Crippen molar-refractivity contribution in [2.24, 2.45) is 0 Å². The van der Waals surface area contributed by atoms with Crippen LogP contribution in [0.25, 0.3) is 0 Å². The molecule has 0 heterocycles. The van der Waals surface area contributed by atoms with Gasteiger partial charge in [-0.05, 0) is 24.6 Å². The number of aliphatic hydroxyl groups excluding tert-OH is 1. The molecule has 90 valence electrons. The van der Waals surface area contributed by atoms with Crippen molar-refractivity contribution in [3.05, 3.63) is 35.4 Å². The summed E-state index contributed by atoms with van der Waals surface area (Å²) < 4.78 is 26.1. The van der Waals surface area contributed by atoms with E-state index in [2.05, 4.69) is 6.92 Å². The molecule has 0 aliphatic heterocycles. The van der Waals surface area contributed by atoms with Crippen molar-refractivity contribution >= 4 is 0 Å². The summed E-state index contributed by atoms with van der Waals surface area (Å²) in [4.78, 5) is 0. The van der Waals surface area contributed by atoms with Crippen molar-refractivity contribution in [2.45, 2.75) is 45.1 Å². The van der Waals surface area contributed by atoms with E-state index in [0.29, 0.717) is 6.42 Å². The maximum atomic E-state index is 13.3. The van der Waals surface area contributed by atoms with E-state index < -0.39 is 17.7 Å². The van der Waals surface area contributed by atoms with Gasteiger partial charge in [-0.1, -0.05) is 32.6 Å². The van der Waals surface area contributed by atoms with Crippen molar-refractivity contribution in [1.29, 1.82) is 0 Å². The number of hydrogen-bond acceptors (Lipinski definition) is 1. The van der Waals surface area contributed by atoms with Crippen LogP contribution in [0.5, 0.6) is 0 Å². The quantitative estimate of drug-likeness (QED) is 0.730. The minimum Gasteiger partial charge on any atom is -0.388 e. The summed E-state index contributed by atoms with van der Waals surface area (Å²) in [5, 5.41) is 9.72. The van der Waals surface area contributed by atoms with E-state index >= 15 is 0 Å². The van der Waals surface area contributed by atoms with Crippen molar-refractivity contribution in [3.8, 4) is 0 Å². The first-order valence-electron chi connectivity index (χ1n) is 5.78. The van der Waals surface area contributed by atoms with Gasteiger partial charge >= 0.3 is 0 Å². The van der Waals surface area contributed by atoms with Gasteiger partial charge in [-0.3, -0.25) is 0 Å². The summed E-state index contributed by atoms with van der Waals surface area (Å²) >= 11 is 0. The van der Waals surface area contributed by atoms with Crippen LogP contribution < -0.4 is 0 Å². The van der Waals surface area contributed by atoms with Gasteiger partial charge in [0, 0.05) is 5.56 Å². The zero-order valence-electron chi connectivity index (χ0n) is 9.55. The Kier molecular flexibility index (Phi) is 5.39. The van der Waals surface area contributed by atoms with E-state index in [-0.39, 0.29) is 5.56 Å². The average Bonchev–Trinajstić information content (AvgIpc) is 2.27. The van der Waals surface area contributed by atoms with Crippen LogP contribution in [0.15, 0.2) is 18.2 Å². The van der Waals surface area contributed by atoms with Crippen LogP contribution in [0, 0.1) is 11.6 Å². The van der Waals surface area contributed by atoms with Gasteiger partial charge in [0.05, 0.1) is 6.10 Å². The van der Waals surface area contributed by atoms with Crippen molar-refractivity contribution in [3.63, 3.8) is 0 Å². The molecule has 0 saturated carbocycles. The third-order valence-corrected chi connectivity index (χ3v) is 2.65. The highest BCUT2D eigenvalue weighted by Crippen LogP contribution is 2.23. The Labute approximate surface area is 95.1 Å². The Morgan fingerprint density at radius 3 is 2.62 bits per heavy atom. The minimum absolute atomic E-state index is 0.0662. The van der Waals surface area contributed by atoms with E-state index in [1.165, 1.54) is 0 Å². The maximum Gasteiger partial charge on any atom is 0.129 e. The van der Waals surface area contributed by atoms with Gasteiger partial charge in [0.25, 0.3) is 0 Å². The predicted molar refractivity (Wildman–Crippen MR) is 60.1 cm³/mol. The molecule has 1 N–H and O–H groups in total. The van der Waals surface area contributed by atoms with Crippen LogP contribution in [0.3, 0.4) is 0 Å². The topological polar surface area (TPSA) is 20.2 Å². The first-order valence-corrected chi connectivity index (χ1v) is 5.78. The monoisotopic (exact) mass is 228 g/mol. The van der Waals surface area contributed by atoms with Crippen LogP contribution >= 0.6 is 0 Å². The Morgan fingerprint density at radius 1 is 1.19 bits per heavy atom. The van der Waals surface area contributed by atoms with Crippen LogP contribution in [0.2, 0.25) is 0 Å². The van der Waals surface area contributed by atoms with Gasteiger partial charge in [-0.15, -0.1) is 0 Å². The fourth-order valence-electron chi connectivity index (χ4n) is 1.69. The lowest BCUT2D eigenvalue weighted by atomic mass is 10.0. The number of rotatable bonds is 6. The highest BCUT2D eigenvalue weighted by Gasteiger charge is 2.13. The summed E-state index contributed by atoms with van der Waals surface area (Å²) in [7, 11) is 0. The molecule has 1 nitrogen and oxygen atoms in total. The molecular formula is C13H18F2O. The molecule has 3 heteroatoms. The van der Waals surface area contributed by atoms with Crippen LogP contribution in [0.1, 0.15) is 50.7 Å². The molecular weight excluding hydrogens is 210 g/mol. The number of hydrogen-bond donors (Lipinski definition) is 1. The first-order chi connectivity index (χ1) is 7.65. The molecule has 0 aromatic heterocycles. The number of unbranched alkanes of at least 4 members (excludes halogenated alkanes) is 3. The molecule has 0 aliphatic rings. The molecule has 1 aromatic carbocycles. The average molecular weight is 228 g/mol. The summed E-state index contributed by atoms with van der Waals surface area (Å²) in [6.07, 6.45) is 3.67. The summed E-state index contributed by atoms with van der Waals surface area (Å²) in [5.74, 6) is -1.05. The maximum absolute atomic E-state index is 13.3. The molecule has 0 spiro atoms. The number of aliphatic hydroxyl groups is 1. The molecule has 0 amide bonds. The highest BCUT2D eigenvalue weighted by atomic mass is 19.1. The van der Waals surface area contributed by atoms with Gasteiger partial charge < -0.3 is 5.11 Å². The standard InChI is InChI=1S/C13H18F2O/c1-2-3-4-5-6-13(16)11-9-10(14)7-8-12(11)15/h7-9,13,16H,2-6H2,1H3. The van der Waals surface area contributed by atoms with Crippen LogP contribution in [-0.2, 0) is 0 Å². The van der Waals surface area contributed by atoms with Gasteiger partial charge in [-0.25, -0.2) is 8.78 Å². The van der Waals surface area contributed by atoms with Crippen LogP contribution in [-0.4, -0.2) is 5.11 Å². The lowest BCUT2D eigenvalue weighted by Gasteiger charge is -2.11. The van der Waals surface area contributed by atoms with Gasteiger partial charge in [0.15, 0.2) is 0 Å². The molecule has 16 heavy (non-hydrogen) atoms. The fourth-order valence-corrected chi connectivity index (χ4v) is 1.69. The first kappa shape index (κ1) is 13.1. The smallest absolute Gasteiger partial charge is 0.129 e. The summed E-state index contributed by atoms with van der Waals surface area (Å²) in [6.45, 7) is 2.10. The fraction of sp³-hybridized carbons (Fsp3) is 0.538. The molecule has 1 rings (SSSR count). The normalized spacial score (nSPS) is 12.8. The zero-order chi connectivity index (χ0) is 12.0. The van der Waals surface area contributed by atoms with E-state index in [9.17, 15) is 13.9 Å². The summed E-state index contributed by atoms with van der Waals surface area (Å²) in [6, 6.07) is 3.18.